The smallest absolute Gasteiger partial charge is 0.141 e. The highest BCUT2D eigenvalue weighted by molar-refractivity contribution is 6.32. The summed E-state index contributed by atoms with van der Waals surface area (Å²) in [6.45, 7) is 8.23. The molecule has 2 aliphatic rings. The summed E-state index contributed by atoms with van der Waals surface area (Å²) in [4.78, 5) is 7.65. The maximum atomic E-state index is 6.39. The molecule has 0 spiro atoms. The van der Waals surface area contributed by atoms with E-state index in [1.165, 1.54) is 32.2 Å². The summed E-state index contributed by atoms with van der Waals surface area (Å²) in [5.41, 5.74) is 4.02. The number of pyridine rings is 1. The first-order valence-electron chi connectivity index (χ1n) is 12.2. The Kier molecular flexibility index (Phi) is 6.15. The first-order chi connectivity index (χ1) is 16.2. The lowest BCUT2D eigenvalue weighted by Gasteiger charge is -2.42. The third-order valence-electron chi connectivity index (χ3n) is 7.12. The normalized spacial score (nSPS) is 22.8. The van der Waals surface area contributed by atoms with E-state index in [4.69, 9.17) is 26.1 Å². The maximum absolute atomic E-state index is 6.39. The second kappa shape index (κ2) is 8.97. The Morgan fingerprint density at radius 2 is 1.76 bits per heavy atom. The largest absolute Gasteiger partial charge is 0.496 e. The summed E-state index contributed by atoms with van der Waals surface area (Å²) in [5.74, 6) is 1.26. The number of hydrogen-bond acceptors (Lipinski definition) is 5. The zero-order valence-corrected chi connectivity index (χ0v) is 21.5. The maximum Gasteiger partial charge on any atom is 0.141 e. The molecule has 3 atom stereocenters. The monoisotopic (exact) mass is 482 g/mol. The number of benzene rings is 1. The average molecular weight is 483 g/mol. The predicted molar refractivity (Wildman–Crippen MR) is 138 cm³/mol. The van der Waals surface area contributed by atoms with Crippen molar-refractivity contribution in [1.29, 1.82) is 0 Å². The van der Waals surface area contributed by atoms with Crippen LogP contribution in [0.4, 0.5) is 5.69 Å². The van der Waals surface area contributed by atoms with Crippen molar-refractivity contribution in [1.82, 2.24) is 14.3 Å². The third kappa shape index (κ3) is 4.58. The molecular weight excluding hydrogens is 448 g/mol. The van der Waals surface area contributed by atoms with E-state index in [2.05, 4.69) is 49.3 Å². The number of rotatable bonds is 6. The van der Waals surface area contributed by atoms with Gasteiger partial charge in [-0.15, -0.1) is 0 Å². The van der Waals surface area contributed by atoms with Crippen molar-refractivity contribution in [3.63, 3.8) is 0 Å². The molecule has 0 aliphatic carbocycles. The molecule has 2 saturated heterocycles. The number of aromatic nitrogens is 2. The van der Waals surface area contributed by atoms with E-state index in [9.17, 15) is 0 Å². The van der Waals surface area contributed by atoms with Gasteiger partial charge in [0, 0.05) is 60.4 Å². The van der Waals surface area contributed by atoms with E-state index in [0.29, 0.717) is 40.1 Å². The van der Waals surface area contributed by atoms with Gasteiger partial charge in [-0.2, -0.15) is 0 Å². The van der Waals surface area contributed by atoms with Crippen LogP contribution in [-0.2, 0) is 0 Å². The molecule has 5 rings (SSSR count). The number of halogens is 1. The fourth-order valence-electron chi connectivity index (χ4n) is 5.70. The van der Waals surface area contributed by atoms with Gasteiger partial charge in [-0.3, -0.25) is 4.90 Å². The van der Waals surface area contributed by atoms with Crippen LogP contribution >= 0.6 is 11.6 Å². The Balaban J connectivity index is 1.34. The number of methoxy groups -OCH3 is 2. The standard InChI is InChI=1S/C27H35ClN4O2/c1-27(2,3)16-32-19-6-7-20(32)11-18(10-19)29-17-8-9-31-15-23(30-26(31)12-17)21-13-22(28)25(34-5)14-24(21)33-4/h8-9,12-15,18-20,29H,6-7,10-11,16H2,1-5H3/t18-,19+,20-. The molecule has 4 heterocycles. The number of hydrogen-bond donors (Lipinski definition) is 1. The first kappa shape index (κ1) is 23.3. The van der Waals surface area contributed by atoms with Gasteiger partial charge in [0.1, 0.15) is 17.1 Å². The number of piperidine rings is 1. The highest BCUT2D eigenvalue weighted by Crippen LogP contribution is 2.40. The molecule has 2 aliphatic heterocycles. The van der Waals surface area contributed by atoms with Gasteiger partial charge in [0.15, 0.2) is 0 Å². The van der Waals surface area contributed by atoms with Gasteiger partial charge >= 0.3 is 0 Å². The van der Waals surface area contributed by atoms with Gasteiger partial charge in [0.2, 0.25) is 0 Å². The molecule has 1 aromatic carbocycles. The summed E-state index contributed by atoms with van der Waals surface area (Å²) in [6, 6.07) is 9.82. The summed E-state index contributed by atoms with van der Waals surface area (Å²) in [7, 11) is 3.24. The lowest BCUT2D eigenvalue weighted by Crippen LogP contribution is -2.49. The molecule has 3 aromatic rings. The van der Waals surface area contributed by atoms with E-state index in [1.54, 1.807) is 20.3 Å². The molecule has 6 nitrogen and oxygen atoms in total. The number of ether oxygens (including phenoxy) is 2. The van der Waals surface area contributed by atoms with Crippen molar-refractivity contribution in [2.75, 3.05) is 26.1 Å². The molecule has 1 N–H and O–H groups in total. The first-order valence-corrected chi connectivity index (χ1v) is 12.5. The fourth-order valence-corrected chi connectivity index (χ4v) is 5.94. The molecule has 2 bridgehead atoms. The second-order valence-electron chi connectivity index (χ2n) is 10.9. The summed E-state index contributed by atoms with van der Waals surface area (Å²) in [5, 5.41) is 4.34. The molecule has 2 fully saturated rings. The molecular formula is C27H35ClN4O2. The number of nitrogens with one attached hydrogen (secondary N) is 1. The minimum Gasteiger partial charge on any atom is -0.496 e. The van der Waals surface area contributed by atoms with E-state index in [-0.39, 0.29) is 0 Å². The van der Waals surface area contributed by atoms with Crippen molar-refractivity contribution in [2.45, 2.75) is 64.6 Å². The molecule has 34 heavy (non-hydrogen) atoms. The zero-order valence-electron chi connectivity index (χ0n) is 20.8. The van der Waals surface area contributed by atoms with Crippen LogP contribution in [0.15, 0.2) is 36.7 Å². The van der Waals surface area contributed by atoms with E-state index in [1.807, 2.05) is 16.7 Å². The molecule has 0 amide bonds. The Morgan fingerprint density at radius 3 is 2.41 bits per heavy atom. The van der Waals surface area contributed by atoms with Crippen molar-refractivity contribution in [3.05, 3.63) is 41.7 Å². The molecule has 7 heteroatoms. The van der Waals surface area contributed by atoms with Crippen molar-refractivity contribution in [2.24, 2.45) is 5.41 Å². The molecule has 0 saturated carbocycles. The molecule has 182 valence electrons. The topological polar surface area (TPSA) is 51.0 Å². The van der Waals surface area contributed by atoms with Crippen molar-refractivity contribution < 1.29 is 9.47 Å². The number of fused-ring (bicyclic) bond motifs is 3. The highest BCUT2D eigenvalue weighted by atomic mass is 35.5. The summed E-state index contributed by atoms with van der Waals surface area (Å²) >= 11 is 6.39. The number of imidazole rings is 1. The lowest BCUT2D eigenvalue weighted by atomic mass is 9.91. The van der Waals surface area contributed by atoms with Crippen LogP contribution < -0.4 is 14.8 Å². The molecule has 2 aromatic heterocycles. The van der Waals surface area contributed by atoms with Crippen LogP contribution in [0.3, 0.4) is 0 Å². The Bertz CT molecular complexity index is 1170. The average Bonchev–Trinajstić information content (AvgIpc) is 3.29. The van der Waals surface area contributed by atoms with Gasteiger partial charge in [-0.25, -0.2) is 4.98 Å². The Hall–Kier alpha value is -2.44. The second-order valence-corrected chi connectivity index (χ2v) is 11.3. The fraction of sp³-hybridized carbons (Fsp3) is 0.519. The van der Waals surface area contributed by atoms with Crippen LogP contribution in [0, 0.1) is 5.41 Å². The van der Waals surface area contributed by atoms with Crippen LogP contribution in [0.5, 0.6) is 11.5 Å². The number of anilines is 1. The number of nitrogens with zero attached hydrogens (tertiary/aromatic N) is 3. The Labute approximate surface area is 207 Å². The van der Waals surface area contributed by atoms with Gasteiger partial charge < -0.3 is 19.2 Å². The lowest BCUT2D eigenvalue weighted by molar-refractivity contribution is 0.0905. The zero-order chi connectivity index (χ0) is 24.0. The van der Waals surface area contributed by atoms with Crippen LogP contribution in [0.1, 0.15) is 46.5 Å². The molecule has 0 radical (unpaired) electrons. The van der Waals surface area contributed by atoms with Crippen LogP contribution in [0.2, 0.25) is 5.02 Å². The SMILES string of the molecule is COc1cc(OC)c(-c2cn3ccc(N[C@H]4C[C@H]5CC[C@@H](C4)N5CC(C)(C)C)cc3n2)cc1Cl. The minimum absolute atomic E-state index is 0.349. The van der Waals surface area contributed by atoms with E-state index in [0.717, 1.165) is 22.6 Å². The third-order valence-corrected chi connectivity index (χ3v) is 7.42. The Morgan fingerprint density at radius 1 is 1.06 bits per heavy atom. The quantitative estimate of drug-likeness (QED) is 0.458. The highest BCUT2D eigenvalue weighted by Gasteiger charge is 2.41. The van der Waals surface area contributed by atoms with E-state index < -0.39 is 0 Å². The predicted octanol–water partition coefficient (Wildman–Crippen LogP) is 6.13. The van der Waals surface area contributed by atoms with Crippen LogP contribution in [-0.4, -0.2) is 53.2 Å². The van der Waals surface area contributed by atoms with Crippen molar-refractivity contribution in [3.8, 4) is 22.8 Å². The van der Waals surface area contributed by atoms with Gasteiger partial charge in [-0.05, 0) is 43.2 Å². The van der Waals surface area contributed by atoms with Crippen LogP contribution in [0.25, 0.3) is 16.9 Å². The van der Waals surface area contributed by atoms with Gasteiger partial charge in [0.05, 0.1) is 24.9 Å². The summed E-state index contributed by atoms with van der Waals surface area (Å²) < 4.78 is 12.9. The minimum atomic E-state index is 0.349. The molecule has 0 unspecified atom stereocenters. The van der Waals surface area contributed by atoms with Gasteiger partial charge in [0.25, 0.3) is 0 Å². The summed E-state index contributed by atoms with van der Waals surface area (Å²) in [6.07, 6.45) is 9.14. The van der Waals surface area contributed by atoms with Crippen molar-refractivity contribution >= 4 is 22.9 Å². The van der Waals surface area contributed by atoms with E-state index >= 15 is 0 Å². The van der Waals surface area contributed by atoms with Gasteiger partial charge in [-0.1, -0.05) is 32.4 Å².